The van der Waals surface area contributed by atoms with Crippen LogP contribution >= 0.6 is 0 Å². The molecule has 0 aromatic carbocycles. The summed E-state index contributed by atoms with van der Waals surface area (Å²) < 4.78 is 11.3. The van der Waals surface area contributed by atoms with Crippen molar-refractivity contribution in [3.05, 3.63) is 0 Å². The van der Waals surface area contributed by atoms with Crippen molar-refractivity contribution in [1.29, 1.82) is 0 Å². The van der Waals surface area contributed by atoms with E-state index in [9.17, 15) is 4.79 Å². The van der Waals surface area contributed by atoms with Crippen LogP contribution in [0.15, 0.2) is 0 Å². The summed E-state index contributed by atoms with van der Waals surface area (Å²) in [6.45, 7) is 5.48. The molecule has 1 heterocycles. The fourth-order valence-corrected chi connectivity index (χ4v) is 2.39. The molecule has 2 atom stereocenters. The number of carbonyl (C=O) groups excluding carboxylic acids is 1. The molecule has 2 fully saturated rings. The number of carbonyl (C=O) groups is 1. The molecule has 0 aromatic heterocycles. The second-order valence-electron chi connectivity index (χ2n) is 4.54. The Morgan fingerprint density at radius 1 is 1.29 bits per heavy atom. The predicted octanol–water partition coefficient (Wildman–Crippen LogP) is 1.75. The molecule has 0 aromatic rings. The molecule has 0 amide bonds. The minimum Gasteiger partial charge on any atom is -0.348 e. The highest BCUT2D eigenvalue weighted by Crippen LogP contribution is 2.38. The Bertz CT molecular complexity index is 231. The van der Waals surface area contributed by atoms with Crippen molar-refractivity contribution in [2.75, 3.05) is 13.2 Å². The third-order valence-corrected chi connectivity index (χ3v) is 3.56. The standard InChI is InChI=1S/C11H18O3/c1-8-7-11(13-5-6-14-11)4-3-10(12)9(8)2/h8-9H,3-7H2,1-2H3. The van der Waals surface area contributed by atoms with Gasteiger partial charge < -0.3 is 9.47 Å². The number of rotatable bonds is 0. The maximum Gasteiger partial charge on any atom is 0.169 e. The van der Waals surface area contributed by atoms with Crippen LogP contribution in [0.1, 0.15) is 33.1 Å². The number of ether oxygens (including phenoxy) is 2. The Kier molecular flexibility index (Phi) is 2.62. The molecule has 1 saturated carbocycles. The fraction of sp³-hybridized carbons (Fsp3) is 0.909. The molecule has 1 aliphatic carbocycles. The van der Waals surface area contributed by atoms with E-state index in [1.165, 1.54) is 0 Å². The van der Waals surface area contributed by atoms with Gasteiger partial charge in [-0.15, -0.1) is 0 Å². The first kappa shape index (κ1) is 10.1. The highest BCUT2D eigenvalue weighted by Gasteiger charge is 2.42. The zero-order valence-corrected chi connectivity index (χ0v) is 8.91. The van der Waals surface area contributed by atoms with E-state index in [0.29, 0.717) is 31.3 Å². The number of hydrogen-bond acceptors (Lipinski definition) is 3. The molecule has 2 aliphatic rings. The van der Waals surface area contributed by atoms with Crippen molar-refractivity contribution in [3.8, 4) is 0 Å². The molecule has 0 N–H and O–H groups in total. The highest BCUT2D eigenvalue weighted by atomic mass is 16.7. The summed E-state index contributed by atoms with van der Waals surface area (Å²) in [6.07, 6.45) is 2.20. The van der Waals surface area contributed by atoms with Crippen molar-refractivity contribution in [2.45, 2.75) is 38.9 Å². The van der Waals surface area contributed by atoms with Crippen molar-refractivity contribution >= 4 is 5.78 Å². The van der Waals surface area contributed by atoms with Gasteiger partial charge in [-0.1, -0.05) is 13.8 Å². The summed E-state index contributed by atoms with van der Waals surface area (Å²) in [6, 6.07) is 0. The maximum absolute atomic E-state index is 11.7. The second kappa shape index (κ2) is 3.63. The van der Waals surface area contributed by atoms with E-state index in [-0.39, 0.29) is 5.92 Å². The summed E-state index contributed by atoms with van der Waals surface area (Å²) in [7, 11) is 0. The maximum atomic E-state index is 11.7. The van der Waals surface area contributed by atoms with E-state index in [4.69, 9.17) is 9.47 Å². The molecule has 1 spiro atoms. The Morgan fingerprint density at radius 2 is 1.93 bits per heavy atom. The second-order valence-corrected chi connectivity index (χ2v) is 4.54. The first-order valence-electron chi connectivity index (χ1n) is 5.44. The van der Waals surface area contributed by atoms with E-state index >= 15 is 0 Å². The molecule has 80 valence electrons. The minimum absolute atomic E-state index is 0.155. The van der Waals surface area contributed by atoms with Crippen LogP contribution < -0.4 is 0 Å². The van der Waals surface area contributed by atoms with Crippen LogP contribution in [0.5, 0.6) is 0 Å². The normalized spacial score (nSPS) is 37.4. The van der Waals surface area contributed by atoms with Crippen molar-refractivity contribution in [1.82, 2.24) is 0 Å². The van der Waals surface area contributed by atoms with Gasteiger partial charge in [-0.2, -0.15) is 0 Å². The van der Waals surface area contributed by atoms with E-state index in [2.05, 4.69) is 6.92 Å². The summed E-state index contributed by atoms with van der Waals surface area (Å²) in [5, 5.41) is 0. The van der Waals surface area contributed by atoms with Gasteiger partial charge in [0.1, 0.15) is 5.78 Å². The lowest BCUT2D eigenvalue weighted by atomic mass is 9.89. The molecular weight excluding hydrogens is 180 g/mol. The smallest absolute Gasteiger partial charge is 0.169 e. The Morgan fingerprint density at radius 3 is 2.57 bits per heavy atom. The molecule has 2 unspecified atom stereocenters. The van der Waals surface area contributed by atoms with Crippen LogP contribution in [-0.4, -0.2) is 24.8 Å². The van der Waals surface area contributed by atoms with E-state index in [1.54, 1.807) is 0 Å². The molecule has 14 heavy (non-hydrogen) atoms. The van der Waals surface area contributed by atoms with Gasteiger partial charge in [0.25, 0.3) is 0 Å². The van der Waals surface area contributed by atoms with E-state index < -0.39 is 5.79 Å². The lowest BCUT2D eigenvalue weighted by molar-refractivity contribution is -0.171. The Hall–Kier alpha value is -0.410. The van der Waals surface area contributed by atoms with E-state index in [0.717, 1.165) is 12.8 Å². The van der Waals surface area contributed by atoms with Gasteiger partial charge >= 0.3 is 0 Å². The number of Topliss-reactive ketones (excluding diaryl/α,β-unsaturated/α-hetero) is 1. The quantitative estimate of drug-likeness (QED) is 0.595. The summed E-state index contributed by atoms with van der Waals surface area (Å²) >= 11 is 0. The predicted molar refractivity (Wildman–Crippen MR) is 51.8 cm³/mol. The first-order valence-corrected chi connectivity index (χ1v) is 5.44. The Labute approximate surface area is 84.8 Å². The third kappa shape index (κ3) is 1.71. The number of hydrogen-bond donors (Lipinski definition) is 0. The zero-order chi connectivity index (χ0) is 10.2. The monoisotopic (exact) mass is 198 g/mol. The minimum atomic E-state index is -0.431. The third-order valence-electron chi connectivity index (χ3n) is 3.56. The van der Waals surface area contributed by atoms with Crippen molar-refractivity contribution in [3.63, 3.8) is 0 Å². The average Bonchev–Trinajstić information content (AvgIpc) is 2.58. The number of ketones is 1. The lowest BCUT2D eigenvalue weighted by Gasteiger charge is -2.28. The zero-order valence-electron chi connectivity index (χ0n) is 8.91. The van der Waals surface area contributed by atoms with Crippen LogP contribution in [0.4, 0.5) is 0 Å². The van der Waals surface area contributed by atoms with Gasteiger partial charge in [0, 0.05) is 25.2 Å². The van der Waals surface area contributed by atoms with Crippen LogP contribution in [0.25, 0.3) is 0 Å². The van der Waals surface area contributed by atoms with Crippen molar-refractivity contribution in [2.24, 2.45) is 11.8 Å². The van der Waals surface area contributed by atoms with Gasteiger partial charge in [-0.3, -0.25) is 4.79 Å². The molecule has 0 radical (unpaired) electrons. The largest absolute Gasteiger partial charge is 0.348 e. The average molecular weight is 198 g/mol. The summed E-state index contributed by atoms with van der Waals surface area (Å²) in [4.78, 5) is 11.7. The van der Waals surface area contributed by atoms with Gasteiger partial charge in [-0.05, 0) is 5.92 Å². The molecule has 3 heteroatoms. The molecule has 2 rings (SSSR count). The molecule has 1 aliphatic heterocycles. The Balaban J connectivity index is 2.12. The van der Waals surface area contributed by atoms with E-state index in [1.807, 2.05) is 6.92 Å². The lowest BCUT2D eigenvalue weighted by Crippen LogP contribution is -2.31. The molecule has 1 saturated heterocycles. The molecule has 0 bridgehead atoms. The van der Waals surface area contributed by atoms with Crippen LogP contribution in [0, 0.1) is 11.8 Å². The summed E-state index contributed by atoms with van der Waals surface area (Å²) in [5.41, 5.74) is 0. The van der Waals surface area contributed by atoms with Gasteiger partial charge in [-0.25, -0.2) is 0 Å². The fourth-order valence-electron chi connectivity index (χ4n) is 2.39. The van der Waals surface area contributed by atoms with Crippen LogP contribution in [-0.2, 0) is 14.3 Å². The van der Waals surface area contributed by atoms with Gasteiger partial charge in [0.2, 0.25) is 0 Å². The van der Waals surface area contributed by atoms with Gasteiger partial charge in [0.05, 0.1) is 13.2 Å². The van der Waals surface area contributed by atoms with Crippen LogP contribution in [0.2, 0.25) is 0 Å². The topological polar surface area (TPSA) is 35.5 Å². The molecule has 3 nitrogen and oxygen atoms in total. The first-order chi connectivity index (χ1) is 6.63. The van der Waals surface area contributed by atoms with Crippen molar-refractivity contribution < 1.29 is 14.3 Å². The van der Waals surface area contributed by atoms with Crippen LogP contribution in [0.3, 0.4) is 0 Å². The molecular formula is C11H18O3. The van der Waals surface area contributed by atoms with Gasteiger partial charge in [0.15, 0.2) is 5.79 Å². The highest BCUT2D eigenvalue weighted by molar-refractivity contribution is 5.81. The summed E-state index contributed by atoms with van der Waals surface area (Å²) in [5.74, 6) is 0.443. The SMILES string of the molecule is CC1CC2(CCC(=O)C1C)OCCO2.